The number of halogens is 1. The monoisotopic (exact) mass is 430 g/mol. The summed E-state index contributed by atoms with van der Waals surface area (Å²) in [6.45, 7) is 8.46. The predicted octanol–water partition coefficient (Wildman–Crippen LogP) is 4.92. The van der Waals surface area contributed by atoms with E-state index in [1.54, 1.807) is 16.6 Å². The van der Waals surface area contributed by atoms with Crippen LogP contribution in [0.25, 0.3) is 16.8 Å². The number of rotatable bonds is 6. The summed E-state index contributed by atoms with van der Waals surface area (Å²) in [5.74, 6) is -0.0872. The Labute approximate surface area is 187 Å². The first kappa shape index (κ1) is 21.7. The van der Waals surface area contributed by atoms with E-state index in [0.29, 0.717) is 12.2 Å². The van der Waals surface area contributed by atoms with Gasteiger partial charge in [-0.3, -0.25) is 4.79 Å². The molecule has 164 valence electrons. The number of benzene rings is 2. The van der Waals surface area contributed by atoms with Gasteiger partial charge in [0, 0.05) is 29.1 Å². The number of amides is 1. The Morgan fingerprint density at radius 1 is 1.03 bits per heavy atom. The number of nitrogens with one attached hydrogen (secondary N) is 1. The number of aryl methyl sites for hydroxylation is 3. The van der Waals surface area contributed by atoms with Crippen molar-refractivity contribution in [1.29, 1.82) is 0 Å². The van der Waals surface area contributed by atoms with Gasteiger partial charge >= 0.3 is 0 Å². The molecule has 6 heteroatoms. The van der Waals surface area contributed by atoms with E-state index in [4.69, 9.17) is 4.98 Å². The van der Waals surface area contributed by atoms with Gasteiger partial charge in [0.05, 0.1) is 12.1 Å². The van der Waals surface area contributed by atoms with E-state index in [1.165, 1.54) is 17.7 Å². The van der Waals surface area contributed by atoms with Crippen LogP contribution in [0.3, 0.4) is 0 Å². The van der Waals surface area contributed by atoms with Gasteiger partial charge in [0.1, 0.15) is 5.82 Å². The van der Waals surface area contributed by atoms with Gasteiger partial charge in [0.2, 0.25) is 5.91 Å². The van der Waals surface area contributed by atoms with Crippen molar-refractivity contribution in [2.75, 3.05) is 6.54 Å². The highest BCUT2D eigenvalue weighted by Crippen LogP contribution is 2.29. The highest BCUT2D eigenvalue weighted by molar-refractivity contribution is 5.82. The summed E-state index contributed by atoms with van der Waals surface area (Å²) < 4.78 is 15.2. The molecule has 5 nitrogen and oxygen atoms in total. The summed E-state index contributed by atoms with van der Waals surface area (Å²) in [5, 5.41) is 7.71. The van der Waals surface area contributed by atoms with Gasteiger partial charge in [-0.15, -0.1) is 0 Å². The van der Waals surface area contributed by atoms with Crippen LogP contribution in [0.2, 0.25) is 0 Å². The molecule has 32 heavy (non-hydrogen) atoms. The van der Waals surface area contributed by atoms with Gasteiger partial charge in [0.15, 0.2) is 5.65 Å². The predicted molar refractivity (Wildman–Crippen MR) is 124 cm³/mol. The molecule has 4 rings (SSSR count). The summed E-state index contributed by atoms with van der Waals surface area (Å²) in [4.78, 5) is 17.5. The van der Waals surface area contributed by atoms with Crippen molar-refractivity contribution >= 4 is 11.6 Å². The van der Waals surface area contributed by atoms with Crippen LogP contribution in [-0.2, 0) is 11.2 Å². The highest BCUT2D eigenvalue weighted by atomic mass is 19.1. The number of fused-ring (bicyclic) bond motifs is 1. The average molecular weight is 431 g/mol. The Morgan fingerprint density at radius 3 is 2.41 bits per heavy atom. The van der Waals surface area contributed by atoms with Gasteiger partial charge in [-0.2, -0.15) is 5.10 Å². The number of carbonyl (C=O) groups is 1. The lowest BCUT2D eigenvalue weighted by molar-refractivity contribution is -0.120. The van der Waals surface area contributed by atoms with Crippen molar-refractivity contribution in [3.05, 3.63) is 88.6 Å². The van der Waals surface area contributed by atoms with Gasteiger partial charge in [0.25, 0.3) is 0 Å². The van der Waals surface area contributed by atoms with Gasteiger partial charge < -0.3 is 5.32 Å². The summed E-state index contributed by atoms with van der Waals surface area (Å²) in [5.41, 5.74) is 7.02. The maximum absolute atomic E-state index is 13.4. The van der Waals surface area contributed by atoms with E-state index >= 15 is 0 Å². The quantitative estimate of drug-likeness (QED) is 0.472. The molecule has 0 unspecified atom stereocenters. The normalized spacial score (nSPS) is 12.2. The average Bonchev–Trinajstić information content (AvgIpc) is 3.12. The van der Waals surface area contributed by atoms with Crippen molar-refractivity contribution in [2.45, 2.75) is 40.0 Å². The van der Waals surface area contributed by atoms with E-state index in [1.807, 2.05) is 39.0 Å². The molecule has 0 spiro atoms. The smallest absolute Gasteiger partial charge is 0.224 e. The number of hydrogen-bond donors (Lipinski definition) is 1. The number of carbonyl (C=O) groups excluding carboxylic acids is 1. The first-order valence-corrected chi connectivity index (χ1v) is 10.8. The van der Waals surface area contributed by atoms with Crippen molar-refractivity contribution in [2.24, 2.45) is 0 Å². The molecule has 1 amide bonds. The molecule has 0 aliphatic heterocycles. The van der Waals surface area contributed by atoms with Gasteiger partial charge in [-0.05, 0) is 49.9 Å². The molecule has 0 saturated heterocycles. The van der Waals surface area contributed by atoms with Crippen molar-refractivity contribution < 1.29 is 9.18 Å². The van der Waals surface area contributed by atoms with Crippen molar-refractivity contribution in [1.82, 2.24) is 19.9 Å². The second-order valence-electron chi connectivity index (χ2n) is 8.26. The third-order valence-electron chi connectivity index (χ3n) is 5.95. The second-order valence-corrected chi connectivity index (χ2v) is 8.26. The molecule has 0 bridgehead atoms. The van der Waals surface area contributed by atoms with Gasteiger partial charge in [-0.1, -0.05) is 49.4 Å². The van der Waals surface area contributed by atoms with Crippen LogP contribution >= 0.6 is 0 Å². The van der Waals surface area contributed by atoms with E-state index in [9.17, 15) is 9.18 Å². The molecule has 2 aromatic heterocycles. The molecule has 2 heterocycles. The maximum atomic E-state index is 13.4. The van der Waals surface area contributed by atoms with Crippen molar-refractivity contribution in [3.63, 3.8) is 0 Å². The van der Waals surface area contributed by atoms with Crippen LogP contribution in [0.15, 0.2) is 54.6 Å². The highest BCUT2D eigenvalue weighted by Gasteiger charge is 2.19. The Bertz CT molecular complexity index is 1260. The lowest BCUT2D eigenvalue weighted by Gasteiger charge is -2.15. The topological polar surface area (TPSA) is 59.3 Å². The third kappa shape index (κ3) is 4.26. The molecule has 0 saturated carbocycles. The van der Waals surface area contributed by atoms with Crippen molar-refractivity contribution in [3.8, 4) is 11.1 Å². The largest absolute Gasteiger partial charge is 0.355 e. The Balaban J connectivity index is 1.57. The zero-order chi connectivity index (χ0) is 22.8. The first-order valence-electron chi connectivity index (χ1n) is 10.8. The number of nitrogens with zero attached hydrogens (tertiary/aromatic N) is 3. The molecular formula is C26H27FN4O. The number of aromatic nitrogens is 3. The Hall–Kier alpha value is -3.54. The van der Waals surface area contributed by atoms with E-state index in [-0.39, 0.29) is 24.1 Å². The minimum Gasteiger partial charge on any atom is -0.355 e. The first-order chi connectivity index (χ1) is 15.3. The molecule has 0 aliphatic carbocycles. The SMILES string of the molecule is Cc1nc2c(-c3ccc(F)cc3)c(C)nn2c(C)c1CC(=O)NC[C@@H](C)c1ccccc1. The summed E-state index contributed by atoms with van der Waals surface area (Å²) in [7, 11) is 0. The fraction of sp³-hybridized carbons (Fsp3) is 0.269. The lowest BCUT2D eigenvalue weighted by atomic mass is 10.0. The van der Waals surface area contributed by atoms with E-state index in [0.717, 1.165) is 33.8 Å². The minimum atomic E-state index is -0.280. The van der Waals surface area contributed by atoms with Crippen LogP contribution in [0, 0.1) is 26.6 Å². The summed E-state index contributed by atoms with van der Waals surface area (Å²) in [6.07, 6.45) is 0.243. The zero-order valence-electron chi connectivity index (χ0n) is 18.8. The molecule has 0 radical (unpaired) electrons. The molecule has 1 N–H and O–H groups in total. The van der Waals surface area contributed by atoms with Crippen LogP contribution in [0.5, 0.6) is 0 Å². The summed E-state index contributed by atoms with van der Waals surface area (Å²) in [6, 6.07) is 16.5. The lowest BCUT2D eigenvalue weighted by Crippen LogP contribution is -2.29. The van der Waals surface area contributed by atoms with Crippen LogP contribution in [0.4, 0.5) is 4.39 Å². The molecule has 0 aliphatic rings. The second kappa shape index (κ2) is 8.91. The minimum absolute atomic E-state index is 0.0391. The fourth-order valence-corrected chi connectivity index (χ4v) is 4.07. The van der Waals surface area contributed by atoms with E-state index in [2.05, 4.69) is 29.5 Å². The molecule has 0 fully saturated rings. The van der Waals surface area contributed by atoms with Crippen LogP contribution in [0.1, 0.15) is 41.1 Å². The molecule has 4 aromatic rings. The van der Waals surface area contributed by atoms with Crippen LogP contribution < -0.4 is 5.32 Å². The molecule has 1 atom stereocenters. The van der Waals surface area contributed by atoms with Crippen LogP contribution in [-0.4, -0.2) is 27.0 Å². The number of hydrogen-bond acceptors (Lipinski definition) is 3. The van der Waals surface area contributed by atoms with Gasteiger partial charge in [-0.25, -0.2) is 13.9 Å². The Kier molecular flexibility index (Phi) is 6.04. The Morgan fingerprint density at radius 2 is 1.72 bits per heavy atom. The maximum Gasteiger partial charge on any atom is 0.224 e. The summed E-state index contributed by atoms with van der Waals surface area (Å²) >= 11 is 0. The molecular weight excluding hydrogens is 403 g/mol. The molecule has 2 aromatic carbocycles. The van der Waals surface area contributed by atoms with E-state index < -0.39 is 0 Å². The fourth-order valence-electron chi connectivity index (χ4n) is 4.07. The third-order valence-corrected chi connectivity index (χ3v) is 5.95. The standard InChI is InChI=1S/C26H27FN4O/c1-16(20-8-6-5-7-9-20)15-28-24(32)14-23-17(2)29-26-25(18(3)30-31(26)19(23)4)21-10-12-22(27)13-11-21/h5-13,16H,14-15H2,1-4H3,(H,28,32)/t16-/m1/s1. The zero-order valence-corrected chi connectivity index (χ0v) is 18.8.